The van der Waals surface area contributed by atoms with Crippen LogP contribution in [0.2, 0.25) is 0 Å². The summed E-state index contributed by atoms with van der Waals surface area (Å²) in [5.74, 6) is 2.10. The molecule has 0 atom stereocenters. The third-order valence-corrected chi connectivity index (χ3v) is 4.59. The zero-order valence-electron chi connectivity index (χ0n) is 17.3. The van der Waals surface area contributed by atoms with E-state index < -0.39 is 0 Å². The smallest absolute Gasteiger partial charge is 0.270 e. The molecule has 7 heteroatoms. The predicted octanol–water partition coefficient (Wildman–Crippen LogP) is 2.65. The molecule has 1 aliphatic rings. The Labute approximate surface area is 166 Å². The molecule has 1 aliphatic heterocycles. The number of benzene rings is 1. The lowest BCUT2D eigenvalue weighted by molar-refractivity contribution is 0.0914. The van der Waals surface area contributed by atoms with Crippen molar-refractivity contribution in [1.82, 2.24) is 15.3 Å². The van der Waals surface area contributed by atoms with Crippen LogP contribution in [0.25, 0.3) is 0 Å². The third-order valence-electron chi connectivity index (χ3n) is 4.59. The topological polar surface area (TPSA) is 70.6 Å². The van der Waals surface area contributed by atoms with Crippen LogP contribution >= 0.6 is 0 Å². The Kier molecular flexibility index (Phi) is 5.72. The van der Waals surface area contributed by atoms with E-state index in [2.05, 4.69) is 37.2 Å². The Balaban J connectivity index is 1.69. The van der Waals surface area contributed by atoms with Crippen molar-refractivity contribution >= 4 is 17.4 Å². The highest BCUT2D eigenvalue weighted by Gasteiger charge is 2.22. The molecule has 1 N–H and O–H groups in total. The van der Waals surface area contributed by atoms with Gasteiger partial charge in [-0.3, -0.25) is 4.79 Å². The van der Waals surface area contributed by atoms with Crippen LogP contribution in [0.1, 0.15) is 37.1 Å². The molecule has 1 fully saturated rings. The lowest BCUT2D eigenvalue weighted by Gasteiger charge is -2.37. The third kappa shape index (κ3) is 4.91. The van der Waals surface area contributed by atoms with Gasteiger partial charge >= 0.3 is 0 Å². The van der Waals surface area contributed by atoms with Gasteiger partial charge in [-0.1, -0.05) is 0 Å². The summed E-state index contributed by atoms with van der Waals surface area (Å²) in [6, 6.07) is 9.92. The summed E-state index contributed by atoms with van der Waals surface area (Å²) < 4.78 is 5.23. The summed E-state index contributed by atoms with van der Waals surface area (Å²) in [6.07, 6.45) is 0. The molecule has 150 valence electrons. The van der Waals surface area contributed by atoms with E-state index in [1.165, 1.54) is 5.69 Å². The van der Waals surface area contributed by atoms with Crippen LogP contribution in [-0.4, -0.2) is 54.7 Å². The van der Waals surface area contributed by atoms with Crippen molar-refractivity contribution < 1.29 is 9.53 Å². The number of carbonyl (C=O) groups is 1. The van der Waals surface area contributed by atoms with Gasteiger partial charge in [-0.2, -0.15) is 0 Å². The average Bonchev–Trinajstić information content (AvgIpc) is 2.66. The molecule has 7 nitrogen and oxygen atoms in total. The van der Waals surface area contributed by atoms with Gasteiger partial charge in [0.1, 0.15) is 23.1 Å². The molecule has 1 aromatic carbocycles. The summed E-state index contributed by atoms with van der Waals surface area (Å²) in [6.45, 7) is 11.1. The number of methoxy groups -OCH3 is 1. The normalized spacial score (nSPS) is 14.8. The van der Waals surface area contributed by atoms with E-state index in [-0.39, 0.29) is 11.4 Å². The van der Waals surface area contributed by atoms with Gasteiger partial charge in [0.05, 0.1) is 7.11 Å². The second-order valence-electron chi connectivity index (χ2n) is 8.03. The van der Waals surface area contributed by atoms with Crippen LogP contribution in [-0.2, 0) is 0 Å². The first-order chi connectivity index (χ1) is 13.2. The van der Waals surface area contributed by atoms with Crippen LogP contribution in [0.5, 0.6) is 5.75 Å². The first-order valence-corrected chi connectivity index (χ1v) is 9.57. The van der Waals surface area contributed by atoms with E-state index in [4.69, 9.17) is 4.74 Å². The van der Waals surface area contributed by atoms with Crippen molar-refractivity contribution in [2.45, 2.75) is 33.2 Å². The molecule has 3 rings (SSSR count). The van der Waals surface area contributed by atoms with E-state index in [1.807, 2.05) is 39.8 Å². The summed E-state index contributed by atoms with van der Waals surface area (Å²) >= 11 is 0. The lowest BCUT2D eigenvalue weighted by Crippen LogP contribution is -2.47. The number of ether oxygens (including phenoxy) is 1. The largest absolute Gasteiger partial charge is 0.497 e. The van der Waals surface area contributed by atoms with Gasteiger partial charge < -0.3 is 19.9 Å². The fraction of sp³-hybridized carbons (Fsp3) is 0.476. The monoisotopic (exact) mass is 383 g/mol. The van der Waals surface area contributed by atoms with Gasteiger partial charge in [-0.25, -0.2) is 9.97 Å². The molecule has 0 bridgehead atoms. The number of carbonyl (C=O) groups excluding carboxylic acids is 1. The number of nitrogens with one attached hydrogen (secondary N) is 1. The van der Waals surface area contributed by atoms with E-state index in [9.17, 15) is 4.79 Å². The lowest BCUT2D eigenvalue weighted by atomic mass is 10.1. The Hall–Kier alpha value is -2.83. The number of aromatic nitrogens is 2. The Morgan fingerprint density at radius 3 is 2.21 bits per heavy atom. The van der Waals surface area contributed by atoms with Crippen LogP contribution in [0.15, 0.2) is 30.3 Å². The molecule has 0 unspecified atom stereocenters. The van der Waals surface area contributed by atoms with Crippen molar-refractivity contribution in [3.05, 3.63) is 41.9 Å². The summed E-state index contributed by atoms with van der Waals surface area (Å²) in [5.41, 5.74) is 1.29. The van der Waals surface area contributed by atoms with E-state index in [0.29, 0.717) is 11.5 Å². The number of hydrogen-bond acceptors (Lipinski definition) is 6. The number of rotatable bonds is 4. The molecule has 2 heterocycles. The summed E-state index contributed by atoms with van der Waals surface area (Å²) in [4.78, 5) is 25.9. The zero-order valence-corrected chi connectivity index (χ0v) is 17.3. The van der Waals surface area contributed by atoms with Gasteiger partial charge in [0.25, 0.3) is 5.91 Å². The first kappa shape index (κ1) is 19.9. The maximum Gasteiger partial charge on any atom is 0.270 e. The Morgan fingerprint density at radius 1 is 1.04 bits per heavy atom. The summed E-state index contributed by atoms with van der Waals surface area (Å²) in [5, 5.41) is 2.96. The summed E-state index contributed by atoms with van der Waals surface area (Å²) in [7, 11) is 1.67. The van der Waals surface area contributed by atoms with Gasteiger partial charge in [0.15, 0.2) is 0 Å². The minimum absolute atomic E-state index is 0.170. The minimum atomic E-state index is -0.305. The molecule has 1 aromatic heterocycles. The van der Waals surface area contributed by atoms with Crippen molar-refractivity contribution in [1.29, 1.82) is 0 Å². The molecule has 0 spiro atoms. The molecule has 1 saturated heterocycles. The minimum Gasteiger partial charge on any atom is -0.497 e. The number of amides is 1. The van der Waals surface area contributed by atoms with Gasteiger partial charge in [0, 0.05) is 43.5 Å². The van der Waals surface area contributed by atoms with Crippen LogP contribution < -0.4 is 19.9 Å². The van der Waals surface area contributed by atoms with E-state index in [0.717, 1.165) is 37.7 Å². The van der Waals surface area contributed by atoms with Crippen LogP contribution in [0.3, 0.4) is 0 Å². The van der Waals surface area contributed by atoms with Crippen molar-refractivity contribution in [3.8, 4) is 5.75 Å². The van der Waals surface area contributed by atoms with Crippen LogP contribution in [0.4, 0.5) is 11.5 Å². The second-order valence-corrected chi connectivity index (χ2v) is 8.03. The van der Waals surface area contributed by atoms with E-state index in [1.54, 1.807) is 13.2 Å². The number of anilines is 2. The maximum atomic E-state index is 12.5. The van der Waals surface area contributed by atoms with Gasteiger partial charge in [-0.05, 0) is 52.0 Å². The SMILES string of the molecule is COc1ccc(N2CCN(c3cc(C(=O)NC(C)(C)C)nc(C)n3)CC2)cc1. The molecule has 1 amide bonds. The maximum absolute atomic E-state index is 12.5. The first-order valence-electron chi connectivity index (χ1n) is 9.57. The predicted molar refractivity (Wildman–Crippen MR) is 111 cm³/mol. The van der Waals surface area contributed by atoms with Crippen LogP contribution in [0, 0.1) is 6.92 Å². The van der Waals surface area contributed by atoms with Gasteiger partial charge in [-0.15, -0.1) is 0 Å². The molecule has 0 radical (unpaired) electrons. The zero-order chi connectivity index (χ0) is 20.3. The van der Waals surface area contributed by atoms with E-state index >= 15 is 0 Å². The number of nitrogens with zero attached hydrogens (tertiary/aromatic N) is 4. The van der Waals surface area contributed by atoms with Crippen molar-refractivity contribution in [2.75, 3.05) is 43.1 Å². The number of piperazine rings is 1. The molecule has 28 heavy (non-hydrogen) atoms. The fourth-order valence-electron chi connectivity index (χ4n) is 3.22. The molecular weight excluding hydrogens is 354 g/mol. The number of aryl methyl sites for hydroxylation is 1. The second kappa shape index (κ2) is 8.04. The molecule has 2 aromatic rings. The average molecular weight is 383 g/mol. The van der Waals surface area contributed by atoms with Crippen molar-refractivity contribution in [3.63, 3.8) is 0 Å². The molecular formula is C21H29N5O2. The Bertz CT molecular complexity index is 822. The molecule has 0 aliphatic carbocycles. The quantitative estimate of drug-likeness (QED) is 0.875. The highest BCUT2D eigenvalue weighted by atomic mass is 16.5. The standard InChI is InChI=1S/C21H29N5O2/c1-15-22-18(20(27)24-21(2,3)4)14-19(23-15)26-12-10-25(11-13-26)16-6-8-17(28-5)9-7-16/h6-9,14H,10-13H2,1-5H3,(H,24,27). The fourth-order valence-corrected chi connectivity index (χ4v) is 3.22. The highest BCUT2D eigenvalue weighted by molar-refractivity contribution is 5.93. The van der Waals surface area contributed by atoms with Crippen molar-refractivity contribution in [2.24, 2.45) is 0 Å². The highest BCUT2D eigenvalue weighted by Crippen LogP contribution is 2.22. The van der Waals surface area contributed by atoms with Gasteiger partial charge in [0.2, 0.25) is 0 Å². The number of hydrogen-bond donors (Lipinski definition) is 1. The molecule has 0 saturated carbocycles. The Morgan fingerprint density at radius 2 is 1.64 bits per heavy atom.